The van der Waals surface area contributed by atoms with E-state index in [1.807, 2.05) is 13.0 Å². The van der Waals surface area contributed by atoms with Gasteiger partial charge in [-0.2, -0.15) is 0 Å². The average molecular weight is 299 g/mol. The quantitative estimate of drug-likeness (QED) is 0.784. The van der Waals surface area contributed by atoms with Gasteiger partial charge in [-0.25, -0.2) is 0 Å². The first-order valence-corrected chi connectivity index (χ1v) is 6.99. The molecule has 1 heterocycles. The summed E-state index contributed by atoms with van der Waals surface area (Å²) >= 11 is 11.9. The van der Waals surface area contributed by atoms with Crippen LogP contribution in [0.25, 0.3) is 0 Å². The molecule has 2 nitrogen and oxygen atoms in total. The van der Waals surface area contributed by atoms with Gasteiger partial charge in [0, 0.05) is 16.0 Å². The molecule has 1 aliphatic rings. The largest absolute Gasteiger partial charge is 0.374 e. The molecular weight excluding hydrogens is 283 g/mol. The van der Waals surface area contributed by atoms with Crippen LogP contribution in [0.2, 0.25) is 10.0 Å². The topological polar surface area (TPSA) is 18.5 Å². The van der Waals surface area contributed by atoms with Crippen molar-refractivity contribution in [3.63, 3.8) is 0 Å². The summed E-state index contributed by atoms with van der Waals surface area (Å²) in [6.07, 6.45) is 6.47. The van der Waals surface area contributed by atoms with Crippen LogP contribution >= 0.6 is 23.2 Å². The minimum atomic E-state index is 0.0714. The molecule has 3 unspecified atom stereocenters. The van der Waals surface area contributed by atoms with Crippen LogP contribution in [0.4, 0.5) is 0 Å². The first-order valence-electron chi connectivity index (χ1n) is 6.23. The molecule has 0 radical (unpaired) electrons. The van der Waals surface area contributed by atoms with Crippen LogP contribution in [-0.2, 0) is 16.1 Å². The highest BCUT2D eigenvalue weighted by Gasteiger charge is 2.30. The van der Waals surface area contributed by atoms with E-state index in [4.69, 9.17) is 39.1 Å². The van der Waals surface area contributed by atoms with Crippen LogP contribution in [0.5, 0.6) is 0 Å². The van der Waals surface area contributed by atoms with Crippen LogP contribution in [0.15, 0.2) is 18.2 Å². The van der Waals surface area contributed by atoms with E-state index in [0.717, 1.165) is 12.0 Å². The van der Waals surface area contributed by atoms with Crippen LogP contribution < -0.4 is 0 Å². The standard InChI is InChI=1S/C15H16Cl2O2/c1-3-11-6-14(19-10(11)2)9-18-8-12-4-5-13(16)7-15(12)17/h1,4-5,7,10-11,14H,6,8-9H2,2H3. The van der Waals surface area contributed by atoms with Crippen molar-refractivity contribution in [2.24, 2.45) is 5.92 Å². The number of terminal acetylenes is 1. The first kappa shape index (κ1) is 14.7. The number of hydrogen-bond donors (Lipinski definition) is 0. The normalized spacial score (nSPS) is 26.3. The summed E-state index contributed by atoms with van der Waals surface area (Å²) < 4.78 is 11.4. The van der Waals surface area contributed by atoms with Gasteiger partial charge in [-0.15, -0.1) is 12.3 Å². The third kappa shape index (κ3) is 3.87. The van der Waals surface area contributed by atoms with E-state index < -0.39 is 0 Å². The van der Waals surface area contributed by atoms with Gasteiger partial charge in [-0.05, 0) is 31.0 Å². The maximum Gasteiger partial charge on any atom is 0.0825 e. The van der Waals surface area contributed by atoms with Gasteiger partial charge in [0.05, 0.1) is 25.4 Å². The Hall–Kier alpha value is -0.720. The molecule has 1 aliphatic heterocycles. The number of hydrogen-bond acceptors (Lipinski definition) is 2. The third-order valence-electron chi connectivity index (χ3n) is 3.28. The zero-order valence-electron chi connectivity index (χ0n) is 10.7. The van der Waals surface area contributed by atoms with Gasteiger partial charge < -0.3 is 9.47 Å². The van der Waals surface area contributed by atoms with Crippen molar-refractivity contribution in [3.8, 4) is 12.3 Å². The molecule has 0 amide bonds. The summed E-state index contributed by atoms with van der Waals surface area (Å²) in [5.74, 6) is 2.94. The second-order valence-corrected chi connectivity index (χ2v) is 5.57. The summed E-state index contributed by atoms with van der Waals surface area (Å²) in [7, 11) is 0. The van der Waals surface area contributed by atoms with Crippen molar-refractivity contribution in [1.82, 2.24) is 0 Å². The molecule has 0 aromatic heterocycles. The Morgan fingerprint density at radius 1 is 1.47 bits per heavy atom. The minimum Gasteiger partial charge on any atom is -0.374 e. The second kappa shape index (κ2) is 6.63. The fourth-order valence-corrected chi connectivity index (χ4v) is 2.64. The highest BCUT2D eigenvalue weighted by molar-refractivity contribution is 6.35. The van der Waals surface area contributed by atoms with Crippen molar-refractivity contribution in [3.05, 3.63) is 33.8 Å². The molecule has 0 bridgehead atoms. The minimum absolute atomic E-state index is 0.0714. The molecule has 1 fully saturated rings. The lowest BCUT2D eigenvalue weighted by Crippen LogP contribution is -2.15. The van der Waals surface area contributed by atoms with E-state index in [2.05, 4.69) is 5.92 Å². The zero-order valence-corrected chi connectivity index (χ0v) is 12.2. The lowest BCUT2D eigenvalue weighted by molar-refractivity contribution is -0.0158. The SMILES string of the molecule is C#CC1CC(COCc2ccc(Cl)cc2Cl)OC1C. The third-order valence-corrected chi connectivity index (χ3v) is 3.87. The van der Waals surface area contributed by atoms with Crippen molar-refractivity contribution in [2.45, 2.75) is 32.2 Å². The predicted octanol–water partition coefficient (Wildman–Crippen LogP) is 3.94. The lowest BCUT2D eigenvalue weighted by atomic mass is 10.0. The molecule has 4 heteroatoms. The maximum atomic E-state index is 6.07. The smallest absolute Gasteiger partial charge is 0.0825 e. The Balaban J connectivity index is 1.80. The molecular formula is C15H16Cl2O2. The van der Waals surface area contributed by atoms with E-state index in [9.17, 15) is 0 Å². The van der Waals surface area contributed by atoms with Gasteiger partial charge in [0.25, 0.3) is 0 Å². The van der Waals surface area contributed by atoms with Gasteiger partial charge in [-0.1, -0.05) is 29.3 Å². The van der Waals surface area contributed by atoms with E-state index in [0.29, 0.717) is 23.3 Å². The zero-order chi connectivity index (χ0) is 13.8. The van der Waals surface area contributed by atoms with E-state index in [-0.39, 0.29) is 18.1 Å². The first-order chi connectivity index (χ1) is 9.10. The number of benzene rings is 1. The van der Waals surface area contributed by atoms with Gasteiger partial charge in [0.2, 0.25) is 0 Å². The number of ether oxygens (including phenoxy) is 2. The number of rotatable bonds is 4. The van der Waals surface area contributed by atoms with Crippen LogP contribution in [0, 0.1) is 18.3 Å². The Kier molecular flexibility index (Phi) is 5.13. The fraction of sp³-hybridized carbons (Fsp3) is 0.467. The summed E-state index contributed by atoms with van der Waals surface area (Å²) in [4.78, 5) is 0. The Labute approximate surface area is 124 Å². The molecule has 0 N–H and O–H groups in total. The molecule has 2 rings (SSSR count). The molecule has 0 aliphatic carbocycles. The van der Waals surface area contributed by atoms with Gasteiger partial charge in [0.15, 0.2) is 0 Å². The molecule has 0 spiro atoms. The summed E-state index contributed by atoms with van der Waals surface area (Å²) in [5, 5.41) is 1.24. The Morgan fingerprint density at radius 3 is 2.89 bits per heavy atom. The molecule has 1 saturated heterocycles. The van der Waals surface area contributed by atoms with E-state index >= 15 is 0 Å². The van der Waals surface area contributed by atoms with E-state index in [1.165, 1.54) is 0 Å². The Bertz CT molecular complexity index is 482. The second-order valence-electron chi connectivity index (χ2n) is 4.72. The highest BCUT2D eigenvalue weighted by Crippen LogP contribution is 2.26. The summed E-state index contributed by atoms with van der Waals surface area (Å²) in [6.45, 7) is 2.98. The van der Waals surface area contributed by atoms with Gasteiger partial charge >= 0.3 is 0 Å². The van der Waals surface area contributed by atoms with Crippen LogP contribution in [0.1, 0.15) is 18.9 Å². The lowest BCUT2D eigenvalue weighted by Gasteiger charge is -2.12. The molecule has 19 heavy (non-hydrogen) atoms. The van der Waals surface area contributed by atoms with Crippen molar-refractivity contribution >= 4 is 23.2 Å². The fourth-order valence-electron chi connectivity index (χ4n) is 2.18. The van der Waals surface area contributed by atoms with Crippen LogP contribution in [-0.4, -0.2) is 18.8 Å². The van der Waals surface area contributed by atoms with Crippen molar-refractivity contribution in [2.75, 3.05) is 6.61 Å². The van der Waals surface area contributed by atoms with Gasteiger partial charge in [-0.3, -0.25) is 0 Å². The highest BCUT2D eigenvalue weighted by atomic mass is 35.5. The maximum absolute atomic E-state index is 6.07. The predicted molar refractivity (Wildman–Crippen MR) is 77.4 cm³/mol. The molecule has 102 valence electrons. The van der Waals surface area contributed by atoms with Crippen molar-refractivity contribution < 1.29 is 9.47 Å². The average Bonchev–Trinajstić information content (AvgIpc) is 2.72. The summed E-state index contributed by atoms with van der Waals surface area (Å²) in [5.41, 5.74) is 0.922. The van der Waals surface area contributed by atoms with Gasteiger partial charge in [0.1, 0.15) is 0 Å². The molecule has 0 saturated carbocycles. The van der Waals surface area contributed by atoms with Crippen molar-refractivity contribution in [1.29, 1.82) is 0 Å². The number of halogens is 2. The Morgan fingerprint density at radius 2 is 2.26 bits per heavy atom. The molecule has 1 aromatic rings. The monoisotopic (exact) mass is 298 g/mol. The van der Waals surface area contributed by atoms with Crippen LogP contribution in [0.3, 0.4) is 0 Å². The molecule has 3 atom stereocenters. The molecule has 1 aromatic carbocycles. The van der Waals surface area contributed by atoms with E-state index in [1.54, 1.807) is 12.1 Å². The summed E-state index contributed by atoms with van der Waals surface area (Å²) in [6, 6.07) is 5.38.